The minimum Gasteiger partial charge on any atom is -0.503 e. The van der Waals surface area contributed by atoms with Crippen LogP contribution in [-0.4, -0.2) is 28.8 Å². The predicted octanol–water partition coefficient (Wildman–Crippen LogP) is 4.87. The third-order valence-corrected chi connectivity index (χ3v) is 5.40. The lowest BCUT2D eigenvalue weighted by Gasteiger charge is -2.27. The summed E-state index contributed by atoms with van der Waals surface area (Å²) in [6.45, 7) is 0.255. The summed E-state index contributed by atoms with van der Waals surface area (Å²) in [6, 6.07) is 25.3. The van der Waals surface area contributed by atoms with E-state index < -0.39 is 23.5 Å². The number of aliphatic hydroxyl groups excluding tert-OH is 1. The smallest absolute Gasteiger partial charge is 0.290 e. The summed E-state index contributed by atoms with van der Waals surface area (Å²) in [4.78, 5) is 27.8. The Morgan fingerprint density at radius 3 is 2.38 bits per heavy atom. The van der Waals surface area contributed by atoms with Crippen LogP contribution in [0.25, 0.3) is 6.08 Å². The van der Waals surface area contributed by atoms with Crippen molar-refractivity contribution in [3.63, 3.8) is 0 Å². The van der Waals surface area contributed by atoms with E-state index in [1.165, 1.54) is 11.0 Å². The Hall–Kier alpha value is -4.12. The van der Waals surface area contributed by atoms with Crippen molar-refractivity contribution in [3.8, 4) is 5.75 Å². The molecule has 5 heteroatoms. The molecule has 0 radical (unpaired) electrons. The average molecular weight is 425 g/mol. The molecule has 1 atom stereocenters. The van der Waals surface area contributed by atoms with Crippen LogP contribution in [0.1, 0.15) is 22.7 Å². The van der Waals surface area contributed by atoms with Gasteiger partial charge in [-0.15, -0.1) is 0 Å². The second-order valence-electron chi connectivity index (χ2n) is 7.47. The first kappa shape index (κ1) is 21.1. The fourth-order valence-electron chi connectivity index (χ4n) is 3.83. The summed E-state index contributed by atoms with van der Waals surface area (Å²) < 4.78 is 5.34. The van der Waals surface area contributed by atoms with Crippen molar-refractivity contribution in [1.82, 2.24) is 4.90 Å². The molecule has 1 unspecified atom stereocenters. The van der Waals surface area contributed by atoms with Crippen LogP contribution in [0.15, 0.2) is 102 Å². The highest BCUT2D eigenvalue weighted by Gasteiger charge is 2.42. The van der Waals surface area contributed by atoms with Crippen LogP contribution in [0.5, 0.6) is 5.75 Å². The Morgan fingerprint density at radius 2 is 1.69 bits per heavy atom. The maximum Gasteiger partial charge on any atom is 0.290 e. The Morgan fingerprint density at radius 1 is 1.00 bits per heavy atom. The molecule has 0 saturated heterocycles. The topological polar surface area (TPSA) is 66.8 Å². The van der Waals surface area contributed by atoms with Gasteiger partial charge in [-0.05, 0) is 34.9 Å². The molecule has 5 nitrogen and oxygen atoms in total. The van der Waals surface area contributed by atoms with Gasteiger partial charge in [0.1, 0.15) is 5.75 Å². The van der Waals surface area contributed by atoms with Gasteiger partial charge in [-0.3, -0.25) is 9.59 Å². The third kappa shape index (κ3) is 4.32. The largest absolute Gasteiger partial charge is 0.503 e. The van der Waals surface area contributed by atoms with Crippen LogP contribution in [0, 0.1) is 0 Å². The minimum absolute atomic E-state index is 0.0614. The van der Waals surface area contributed by atoms with E-state index >= 15 is 0 Å². The highest BCUT2D eigenvalue weighted by molar-refractivity contribution is 6.14. The molecule has 3 aromatic carbocycles. The second kappa shape index (κ2) is 9.35. The number of hydrogen-bond acceptors (Lipinski definition) is 4. The Labute approximate surface area is 186 Å². The normalized spacial score (nSPS) is 16.1. The molecule has 0 bridgehead atoms. The number of carbonyl (C=O) groups is 2. The number of carbonyl (C=O) groups excluding carboxylic acids is 2. The molecular weight excluding hydrogens is 402 g/mol. The summed E-state index contributed by atoms with van der Waals surface area (Å²) in [5.41, 5.74) is 2.50. The lowest BCUT2D eigenvalue weighted by Crippen LogP contribution is -2.30. The van der Waals surface area contributed by atoms with Crippen molar-refractivity contribution in [2.75, 3.05) is 7.11 Å². The first-order valence-electron chi connectivity index (χ1n) is 10.3. The van der Waals surface area contributed by atoms with E-state index in [-0.39, 0.29) is 12.1 Å². The van der Waals surface area contributed by atoms with Gasteiger partial charge in [0.05, 0.1) is 18.7 Å². The summed E-state index contributed by atoms with van der Waals surface area (Å²) in [7, 11) is 1.56. The van der Waals surface area contributed by atoms with Gasteiger partial charge in [0.2, 0.25) is 0 Å². The molecule has 0 aromatic heterocycles. The summed E-state index contributed by atoms with van der Waals surface area (Å²) >= 11 is 0. The van der Waals surface area contributed by atoms with Crippen molar-refractivity contribution in [3.05, 3.63) is 119 Å². The molecule has 0 saturated carbocycles. The standard InChI is InChI=1S/C27H23NO4/c1-32-22-14-8-13-21(17-22)25-24(23(29)16-15-19-9-4-2-5-10-19)26(30)27(31)28(25)18-20-11-6-3-7-12-20/h2-17,25,30H,18H2,1H3/b16-15+. The van der Waals surface area contributed by atoms with Gasteiger partial charge >= 0.3 is 0 Å². The fourth-order valence-corrected chi connectivity index (χ4v) is 3.83. The number of nitrogens with zero attached hydrogens (tertiary/aromatic N) is 1. The third-order valence-electron chi connectivity index (χ3n) is 5.40. The van der Waals surface area contributed by atoms with Gasteiger partial charge in [0, 0.05) is 6.54 Å². The van der Waals surface area contributed by atoms with Gasteiger partial charge in [0.15, 0.2) is 11.5 Å². The highest BCUT2D eigenvalue weighted by atomic mass is 16.5. The molecule has 3 aromatic rings. The molecule has 4 rings (SSSR count). The second-order valence-corrected chi connectivity index (χ2v) is 7.47. The van der Waals surface area contributed by atoms with Crippen LogP contribution in [0.3, 0.4) is 0 Å². The SMILES string of the molecule is COc1cccc(C2C(C(=O)/C=C/c3ccccc3)=C(O)C(=O)N2Cc2ccccc2)c1. The van der Waals surface area contributed by atoms with Crippen molar-refractivity contribution in [2.24, 2.45) is 0 Å². The summed E-state index contributed by atoms with van der Waals surface area (Å²) in [6.07, 6.45) is 3.07. The van der Waals surface area contributed by atoms with Gasteiger partial charge in [-0.1, -0.05) is 78.9 Å². The van der Waals surface area contributed by atoms with Crippen LogP contribution < -0.4 is 4.74 Å². The van der Waals surface area contributed by atoms with E-state index in [9.17, 15) is 14.7 Å². The highest BCUT2D eigenvalue weighted by Crippen LogP contribution is 2.39. The molecule has 1 heterocycles. The number of hydrogen-bond donors (Lipinski definition) is 1. The molecule has 0 spiro atoms. The van der Waals surface area contributed by atoms with Crippen molar-refractivity contribution in [1.29, 1.82) is 0 Å². The number of amides is 1. The van der Waals surface area contributed by atoms with Crippen LogP contribution in [0.2, 0.25) is 0 Å². The number of methoxy groups -OCH3 is 1. The molecule has 1 aliphatic rings. The minimum atomic E-state index is -0.731. The monoisotopic (exact) mass is 425 g/mol. The molecule has 32 heavy (non-hydrogen) atoms. The van der Waals surface area contributed by atoms with Crippen molar-refractivity contribution < 1.29 is 19.4 Å². The number of allylic oxidation sites excluding steroid dienone is 1. The first-order chi connectivity index (χ1) is 15.6. The first-order valence-corrected chi connectivity index (χ1v) is 10.3. The summed E-state index contributed by atoms with van der Waals surface area (Å²) in [5, 5.41) is 10.7. The zero-order chi connectivity index (χ0) is 22.5. The quantitative estimate of drug-likeness (QED) is 0.548. The zero-order valence-electron chi connectivity index (χ0n) is 17.6. The van der Waals surface area contributed by atoms with Crippen molar-refractivity contribution in [2.45, 2.75) is 12.6 Å². The Balaban J connectivity index is 1.74. The van der Waals surface area contributed by atoms with E-state index in [0.717, 1.165) is 11.1 Å². The van der Waals surface area contributed by atoms with Crippen molar-refractivity contribution >= 4 is 17.8 Å². The molecule has 1 N–H and O–H groups in total. The molecule has 1 aliphatic heterocycles. The van der Waals surface area contributed by atoms with E-state index in [4.69, 9.17) is 4.74 Å². The molecule has 0 fully saturated rings. The van der Waals surface area contributed by atoms with E-state index in [1.54, 1.807) is 31.4 Å². The number of ether oxygens (including phenoxy) is 1. The molecule has 160 valence electrons. The maximum atomic E-state index is 13.2. The number of aliphatic hydroxyl groups is 1. The maximum absolute atomic E-state index is 13.2. The van der Waals surface area contributed by atoms with Crippen LogP contribution in [0.4, 0.5) is 0 Å². The molecule has 1 amide bonds. The predicted molar refractivity (Wildman–Crippen MR) is 123 cm³/mol. The molecule has 0 aliphatic carbocycles. The lowest BCUT2D eigenvalue weighted by atomic mass is 9.95. The molecular formula is C27H23NO4. The number of benzene rings is 3. The number of rotatable bonds is 7. The lowest BCUT2D eigenvalue weighted by molar-refractivity contribution is -0.130. The van der Waals surface area contributed by atoms with Gasteiger partial charge < -0.3 is 14.7 Å². The van der Waals surface area contributed by atoms with Gasteiger partial charge in [-0.2, -0.15) is 0 Å². The Bertz CT molecular complexity index is 1180. The van der Waals surface area contributed by atoms with E-state index in [1.807, 2.05) is 66.7 Å². The van der Waals surface area contributed by atoms with Gasteiger partial charge in [0.25, 0.3) is 5.91 Å². The Kier molecular flexibility index (Phi) is 6.17. The average Bonchev–Trinajstić information content (AvgIpc) is 3.09. The summed E-state index contributed by atoms with van der Waals surface area (Å²) in [5.74, 6) is -0.898. The van der Waals surface area contributed by atoms with Crippen LogP contribution >= 0.6 is 0 Å². The van der Waals surface area contributed by atoms with Crippen LogP contribution in [-0.2, 0) is 16.1 Å². The number of ketones is 1. The van der Waals surface area contributed by atoms with E-state index in [0.29, 0.717) is 11.3 Å². The van der Waals surface area contributed by atoms with Gasteiger partial charge in [-0.25, -0.2) is 0 Å². The van der Waals surface area contributed by atoms with E-state index in [2.05, 4.69) is 0 Å². The fraction of sp³-hybridized carbons (Fsp3) is 0.111. The zero-order valence-corrected chi connectivity index (χ0v) is 17.6.